The first-order valence-corrected chi connectivity index (χ1v) is 5.65. The van der Waals surface area contributed by atoms with Crippen LogP contribution in [0.3, 0.4) is 0 Å². The van der Waals surface area contributed by atoms with E-state index in [-0.39, 0.29) is 12.1 Å². The van der Waals surface area contributed by atoms with E-state index >= 15 is 0 Å². The fourth-order valence-electron chi connectivity index (χ4n) is 1.07. The molecule has 2 N–H and O–H groups in total. The third-order valence-electron chi connectivity index (χ3n) is 1.90. The molecular formula is C11H13NO2S. The Labute approximate surface area is 93.2 Å². The number of hydrogen-bond donors (Lipinski definition) is 2. The number of aliphatic carboxylic acids is 1. The Hall–Kier alpha value is -1.42. The second-order valence-corrected chi connectivity index (χ2v) is 3.81. The van der Waals surface area contributed by atoms with Crippen LogP contribution in [-0.4, -0.2) is 23.9 Å². The van der Waals surface area contributed by atoms with E-state index in [9.17, 15) is 4.79 Å². The van der Waals surface area contributed by atoms with Gasteiger partial charge in [0.25, 0.3) is 0 Å². The zero-order valence-electron chi connectivity index (χ0n) is 8.49. The highest BCUT2D eigenvalue weighted by molar-refractivity contribution is 7.98. The van der Waals surface area contributed by atoms with Crippen molar-refractivity contribution in [2.75, 3.05) is 18.1 Å². The van der Waals surface area contributed by atoms with Gasteiger partial charge < -0.3 is 10.4 Å². The fourth-order valence-corrected chi connectivity index (χ4v) is 1.64. The quantitative estimate of drug-likeness (QED) is 0.594. The Morgan fingerprint density at radius 3 is 2.80 bits per heavy atom. The van der Waals surface area contributed by atoms with Crippen molar-refractivity contribution in [3.05, 3.63) is 36.4 Å². The highest BCUT2D eigenvalue weighted by Crippen LogP contribution is 2.24. The van der Waals surface area contributed by atoms with Crippen molar-refractivity contribution in [1.29, 1.82) is 0 Å². The first kappa shape index (κ1) is 11.7. The van der Waals surface area contributed by atoms with Gasteiger partial charge in [0.2, 0.25) is 0 Å². The van der Waals surface area contributed by atoms with Gasteiger partial charge in [-0.05, 0) is 18.4 Å². The maximum absolute atomic E-state index is 10.5. The largest absolute Gasteiger partial charge is 0.478 e. The number of thioether (sulfide) groups is 1. The van der Waals surface area contributed by atoms with Crippen molar-refractivity contribution < 1.29 is 9.90 Å². The number of hydrogen-bond acceptors (Lipinski definition) is 3. The topological polar surface area (TPSA) is 49.3 Å². The fraction of sp³-hybridized carbons (Fsp3) is 0.182. The van der Waals surface area contributed by atoms with Crippen LogP contribution in [-0.2, 0) is 4.79 Å². The molecular weight excluding hydrogens is 210 g/mol. The van der Waals surface area contributed by atoms with Crippen LogP contribution in [0.25, 0.3) is 0 Å². The second-order valence-electron chi connectivity index (χ2n) is 2.96. The van der Waals surface area contributed by atoms with Crippen LogP contribution < -0.4 is 5.32 Å². The van der Waals surface area contributed by atoms with Crippen LogP contribution in [0.2, 0.25) is 0 Å². The minimum Gasteiger partial charge on any atom is -0.478 e. The summed E-state index contributed by atoms with van der Waals surface area (Å²) in [5.74, 6) is -0.968. The summed E-state index contributed by atoms with van der Waals surface area (Å²) in [6.45, 7) is 3.71. The Bertz CT molecular complexity index is 377. The number of carboxylic acid groups (broad SMARTS) is 1. The summed E-state index contributed by atoms with van der Waals surface area (Å²) in [5, 5.41) is 11.7. The van der Waals surface area contributed by atoms with Crippen LogP contribution in [0.4, 0.5) is 5.69 Å². The molecule has 1 rings (SSSR count). The summed E-state index contributed by atoms with van der Waals surface area (Å²) >= 11 is 1.62. The Balaban J connectivity index is 2.65. The van der Waals surface area contributed by atoms with E-state index < -0.39 is 5.97 Å². The molecule has 4 heteroatoms. The summed E-state index contributed by atoms with van der Waals surface area (Å²) in [5.41, 5.74) is 1.10. The molecule has 0 aliphatic heterocycles. The van der Waals surface area contributed by atoms with Crippen LogP contribution >= 0.6 is 11.8 Å². The number of benzene rings is 1. The van der Waals surface area contributed by atoms with E-state index in [1.807, 2.05) is 30.5 Å². The zero-order valence-corrected chi connectivity index (χ0v) is 9.30. The maximum Gasteiger partial charge on any atom is 0.332 e. The average molecular weight is 223 g/mol. The highest BCUT2D eigenvalue weighted by atomic mass is 32.2. The predicted molar refractivity (Wildman–Crippen MR) is 63.5 cm³/mol. The first-order chi connectivity index (χ1) is 7.15. The summed E-state index contributed by atoms with van der Waals surface area (Å²) in [6, 6.07) is 7.76. The van der Waals surface area contributed by atoms with Crippen LogP contribution in [0.5, 0.6) is 0 Å². The van der Waals surface area contributed by atoms with Crippen molar-refractivity contribution >= 4 is 23.4 Å². The average Bonchev–Trinajstić information content (AvgIpc) is 2.26. The number of para-hydroxylation sites is 1. The van der Waals surface area contributed by atoms with E-state index in [1.165, 1.54) is 0 Å². The van der Waals surface area contributed by atoms with Gasteiger partial charge in [0.15, 0.2) is 0 Å². The molecule has 0 unspecified atom stereocenters. The van der Waals surface area contributed by atoms with Gasteiger partial charge >= 0.3 is 5.97 Å². The van der Waals surface area contributed by atoms with Gasteiger partial charge in [0, 0.05) is 22.7 Å². The smallest absolute Gasteiger partial charge is 0.332 e. The van der Waals surface area contributed by atoms with E-state index in [0.717, 1.165) is 10.6 Å². The molecule has 0 atom stereocenters. The van der Waals surface area contributed by atoms with Crippen LogP contribution in [0.1, 0.15) is 0 Å². The van der Waals surface area contributed by atoms with Crippen molar-refractivity contribution in [3.8, 4) is 0 Å². The lowest BCUT2D eigenvalue weighted by Crippen LogP contribution is -2.11. The minimum absolute atomic E-state index is 0.158. The third-order valence-corrected chi connectivity index (χ3v) is 2.70. The van der Waals surface area contributed by atoms with Crippen molar-refractivity contribution in [3.63, 3.8) is 0 Å². The molecule has 1 aromatic carbocycles. The molecule has 1 aromatic rings. The van der Waals surface area contributed by atoms with Crippen LogP contribution in [0.15, 0.2) is 41.3 Å². The van der Waals surface area contributed by atoms with Gasteiger partial charge in [-0.25, -0.2) is 4.79 Å². The van der Waals surface area contributed by atoms with Gasteiger partial charge in [-0.1, -0.05) is 18.7 Å². The van der Waals surface area contributed by atoms with E-state index in [4.69, 9.17) is 5.11 Å². The SMILES string of the molecule is C=C(CNc1ccccc1SC)C(=O)O. The molecule has 80 valence electrons. The number of rotatable bonds is 5. The normalized spacial score (nSPS) is 9.67. The molecule has 0 bridgehead atoms. The first-order valence-electron chi connectivity index (χ1n) is 4.43. The summed E-state index contributed by atoms with van der Waals surface area (Å²) in [4.78, 5) is 11.6. The molecule has 3 nitrogen and oxygen atoms in total. The Morgan fingerprint density at radius 2 is 2.20 bits per heavy atom. The molecule has 0 saturated carbocycles. The second kappa shape index (κ2) is 5.46. The number of nitrogens with one attached hydrogen (secondary N) is 1. The van der Waals surface area contributed by atoms with Gasteiger partial charge in [-0.3, -0.25) is 0 Å². The Morgan fingerprint density at radius 1 is 1.53 bits per heavy atom. The molecule has 0 saturated heterocycles. The number of anilines is 1. The van der Waals surface area contributed by atoms with Crippen molar-refractivity contribution in [1.82, 2.24) is 0 Å². The molecule has 0 heterocycles. The number of carboxylic acids is 1. The predicted octanol–water partition coefficient (Wildman–Crippen LogP) is 2.46. The molecule has 0 aliphatic rings. The summed E-state index contributed by atoms with van der Waals surface area (Å²) < 4.78 is 0. The van der Waals surface area contributed by atoms with Gasteiger partial charge in [0.1, 0.15) is 0 Å². The van der Waals surface area contributed by atoms with E-state index in [1.54, 1.807) is 11.8 Å². The van der Waals surface area contributed by atoms with Gasteiger partial charge in [0.05, 0.1) is 0 Å². The van der Waals surface area contributed by atoms with Gasteiger partial charge in [-0.2, -0.15) is 0 Å². The molecule has 0 aliphatic carbocycles. The molecule has 0 amide bonds. The molecule has 0 fully saturated rings. The lowest BCUT2D eigenvalue weighted by Gasteiger charge is -2.09. The minimum atomic E-state index is -0.968. The van der Waals surface area contributed by atoms with Crippen LogP contribution in [0, 0.1) is 0 Å². The molecule has 0 spiro atoms. The zero-order chi connectivity index (χ0) is 11.3. The Kier molecular flexibility index (Phi) is 4.24. The van der Waals surface area contributed by atoms with E-state index in [2.05, 4.69) is 11.9 Å². The third kappa shape index (κ3) is 3.32. The maximum atomic E-state index is 10.5. The van der Waals surface area contributed by atoms with E-state index in [0.29, 0.717) is 0 Å². The molecule has 0 radical (unpaired) electrons. The lowest BCUT2D eigenvalue weighted by molar-refractivity contribution is -0.132. The van der Waals surface area contributed by atoms with Gasteiger partial charge in [-0.15, -0.1) is 11.8 Å². The van der Waals surface area contributed by atoms with Crippen molar-refractivity contribution in [2.45, 2.75) is 4.90 Å². The summed E-state index contributed by atoms with van der Waals surface area (Å²) in [7, 11) is 0. The summed E-state index contributed by atoms with van der Waals surface area (Å²) in [6.07, 6.45) is 1.98. The standard InChI is InChI=1S/C11H13NO2S/c1-8(11(13)14)7-12-9-5-3-4-6-10(9)15-2/h3-6,12H,1,7H2,2H3,(H,13,14). The lowest BCUT2D eigenvalue weighted by atomic mass is 10.2. The molecule has 0 aromatic heterocycles. The monoisotopic (exact) mass is 223 g/mol. The highest BCUT2D eigenvalue weighted by Gasteiger charge is 2.04. The number of carbonyl (C=O) groups is 1. The van der Waals surface area contributed by atoms with Crippen molar-refractivity contribution in [2.24, 2.45) is 0 Å². The molecule has 15 heavy (non-hydrogen) atoms.